The standard InChI is InChI=1S/C17H24N4O3/c1-2-3-8-19-17(24)20-15(22)11-21-10-13-7-5-4-6-12(13)9-14(21)16(18)23/h4-7,14H,2-3,8-11H2,1H3,(H2,18,23)(H2,19,20,22,24)/t14-/m0/s1. The molecule has 7 heteroatoms. The van der Waals surface area contributed by atoms with Gasteiger partial charge in [0.15, 0.2) is 0 Å². The van der Waals surface area contributed by atoms with Gasteiger partial charge in [0.25, 0.3) is 0 Å². The smallest absolute Gasteiger partial charge is 0.321 e. The average Bonchev–Trinajstić information content (AvgIpc) is 2.54. The van der Waals surface area contributed by atoms with Crippen LogP contribution < -0.4 is 16.4 Å². The van der Waals surface area contributed by atoms with Crippen LogP contribution in [0.1, 0.15) is 30.9 Å². The average molecular weight is 332 g/mol. The number of fused-ring (bicyclic) bond motifs is 1. The van der Waals surface area contributed by atoms with E-state index in [4.69, 9.17) is 5.73 Å². The first kappa shape index (κ1) is 17.9. The molecular weight excluding hydrogens is 308 g/mol. The fourth-order valence-electron chi connectivity index (χ4n) is 2.80. The number of urea groups is 1. The third-order valence-electron chi connectivity index (χ3n) is 4.09. The Hall–Kier alpha value is -2.41. The minimum absolute atomic E-state index is 0.0524. The number of amides is 4. The van der Waals surface area contributed by atoms with Crippen molar-refractivity contribution in [1.82, 2.24) is 15.5 Å². The van der Waals surface area contributed by atoms with Crippen molar-refractivity contribution >= 4 is 17.8 Å². The second-order valence-corrected chi connectivity index (χ2v) is 5.95. The van der Waals surface area contributed by atoms with E-state index in [1.807, 2.05) is 31.2 Å². The molecule has 0 aromatic heterocycles. The number of nitrogens with zero attached hydrogens (tertiary/aromatic N) is 1. The molecule has 4 N–H and O–H groups in total. The van der Waals surface area contributed by atoms with E-state index >= 15 is 0 Å². The lowest BCUT2D eigenvalue weighted by atomic mass is 9.93. The SMILES string of the molecule is CCCCNC(=O)NC(=O)CN1Cc2ccccc2C[C@H]1C(N)=O. The quantitative estimate of drug-likeness (QED) is 0.661. The zero-order chi connectivity index (χ0) is 17.5. The highest BCUT2D eigenvalue weighted by atomic mass is 16.2. The Morgan fingerprint density at radius 3 is 2.62 bits per heavy atom. The summed E-state index contributed by atoms with van der Waals surface area (Å²) in [6.07, 6.45) is 2.29. The Bertz CT molecular complexity index is 618. The van der Waals surface area contributed by atoms with Crippen molar-refractivity contribution < 1.29 is 14.4 Å². The molecule has 4 amide bonds. The van der Waals surface area contributed by atoms with Gasteiger partial charge in [0.05, 0.1) is 12.6 Å². The molecule has 0 fully saturated rings. The van der Waals surface area contributed by atoms with Crippen molar-refractivity contribution in [3.8, 4) is 0 Å². The van der Waals surface area contributed by atoms with Crippen LogP contribution in [0.25, 0.3) is 0 Å². The predicted molar refractivity (Wildman–Crippen MR) is 90.0 cm³/mol. The number of benzene rings is 1. The summed E-state index contributed by atoms with van der Waals surface area (Å²) in [5, 5.41) is 4.91. The van der Waals surface area contributed by atoms with Gasteiger partial charge in [-0.05, 0) is 24.0 Å². The number of primary amides is 1. The Morgan fingerprint density at radius 2 is 1.96 bits per heavy atom. The van der Waals surface area contributed by atoms with Crippen LogP contribution in [-0.4, -0.2) is 41.9 Å². The number of unbranched alkanes of at least 4 members (excludes halogenated alkanes) is 1. The van der Waals surface area contributed by atoms with E-state index in [2.05, 4.69) is 10.6 Å². The van der Waals surface area contributed by atoms with Gasteiger partial charge in [0.2, 0.25) is 11.8 Å². The van der Waals surface area contributed by atoms with Crippen LogP contribution in [0.2, 0.25) is 0 Å². The van der Waals surface area contributed by atoms with Gasteiger partial charge in [-0.15, -0.1) is 0 Å². The maximum Gasteiger partial charge on any atom is 0.321 e. The highest BCUT2D eigenvalue weighted by Gasteiger charge is 2.31. The van der Waals surface area contributed by atoms with Crippen molar-refractivity contribution in [2.75, 3.05) is 13.1 Å². The van der Waals surface area contributed by atoms with Crippen LogP contribution in [0, 0.1) is 0 Å². The lowest BCUT2D eigenvalue weighted by Gasteiger charge is -2.34. The van der Waals surface area contributed by atoms with Crippen molar-refractivity contribution in [3.63, 3.8) is 0 Å². The molecular formula is C17H24N4O3. The number of rotatable bonds is 6. The molecule has 1 aromatic rings. The van der Waals surface area contributed by atoms with Crippen LogP contribution in [0.15, 0.2) is 24.3 Å². The van der Waals surface area contributed by atoms with Gasteiger partial charge in [0, 0.05) is 13.1 Å². The zero-order valence-corrected chi connectivity index (χ0v) is 13.9. The van der Waals surface area contributed by atoms with E-state index in [0.29, 0.717) is 19.5 Å². The summed E-state index contributed by atoms with van der Waals surface area (Å²) in [6.45, 7) is 2.94. The fourth-order valence-corrected chi connectivity index (χ4v) is 2.80. The van der Waals surface area contributed by atoms with E-state index in [1.165, 1.54) is 0 Å². The number of hydrogen-bond donors (Lipinski definition) is 3. The molecule has 0 spiro atoms. The van der Waals surface area contributed by atoms with Gasteiger partial charge in [-0.2, -0.15) is 0 Å². The summed E-state index contributed by atoms with van der Waals surface area (Å²) in [5.41, 5.74) is 7.61. The topological polar surface area (TPSA) is 105 Å². The first-order chi connectivity index (χ1) is 11.5. The normalized spacial score (nSPS) is 17.0. The van der Waals surface area contributed by atoms with Crippen molar-refractivity contribution in [1.29, 1.82) is 0 Å². The third kappa shape index (κ3) is 4.79. The van der Waals surface area contributed by atoms with Gasteiger partial charge in [0.1, 0.15) is 0 Å². The molecule has 0 radical (unpaired) electrons. The molecule has 0 aliphatic carbocycles. The number of hydrogen-bond acceptors (Lipinski definition) is 4. The number of nitrogens with one attached hydrogen (secondary N) is 2. The summed E-state index contributed by atoms with van der Waals surface area (Å²) in [6, 6.07) is 6.71. The molecule has 1 atom stereocenters. The second kappa shape index (κ2) is 8.44. The summed E-state index contributed by atoms with van der Waals surface area (Å²) in [5.74, 6) is -0.917. The zero-order valence-electron chi connectivity index (χ0n) is 13.9. The van der Waals surface area contributed by atoms with Crippen LogP contribution >= 0.6 is 0 Å². The molecule has 1 aromatic carbocycles. The molecule has 1 heterocycles. The van der Waals surface area contributed by atoms with E-state index in [1.54, 1.807) is 4.90 Å². The van der Waals surface area contributed by atoms with Gasteiger partial charge in [-0.1, -0.05) is 37.6 Å². The lowest BCUT2D eigenvalue weighted by molar-refractivity contribution is -0.127. The third-order valence-corrected chi connectivity index (χ3v) is 4.09. The molecule has 0 unspecified atom stereocenters. The molecule has 0 saturated carbocycles. The summed E-state index contributed by atoms with van der Waals surface area (Å²) in [7, 11) is 0. The molecule has 24 heavy (non-hydrogen) atoms. The molecule has 2 rings (SSSR count). The van der Waals surface area contributed by atoms with E-state index in [-0.39, 0.29) is 6.54 Å². The first-order valence-electron chi connectivity index (χ1n) is 8.19. The van der Waals surface area contributed by atoms with Gasteiger partial charge < -0.3 is 11.1 Å². The maximum absolute atomic E-state index is 12.1. The van der Waals surface area contributed by atoms with Crippen molar-refractivity contribution in [2.24, 2.45) is 5.73 Å². The van der Waals surface area contributed by atoms with Gasteiger partial charge >= 0.3 is 6.03 Å². The molecule has 0 bridgehead atoms. The Kier molecular flexibility index (Phi) is 6.31. The highest BCUT2D eigenvalue weighted by Crippen LogP contribution is 2.22. The number of imide groups is 1. The van der Waals surface area contributed by atoms with Crippen LogP contribution in [0.5, 0.6) is 0 Å². The van der Waals surface area contributed by atoms with E-state index in [9.17, 15) is 14.4 Å². The molecule has 1 aliphatic rings. The molecule has 130 valence electrons. The Balaban J connectivity index is 1.95. The number of carbonyl (C=O) groups excluding carboxylic acids is 3. The summed E-state index contributed by atoms with van der Waals surface area (Å²) < 4.78 is 0. The van der Waals surface area contributed by atoms with Crippen LogP contribution in [-0.2, 0) is 22.6 Å². The minimum Gasteiger partial charge on any atom is -0.368 e. The van der Waals surface area contributed by atoms with Crippen LogP contribution in [0.4, 0.5) is 4.79 Å². The number of carbonyl (C=O) groups is 3. The Labute approximate surface area is 141 Å². The predicted octanol–water partition coefficient (Wildman–Crippen LogP) is 0.525. The largest absolute Gasteiger partial charge is 0.368 e. The fraction of sp³-hybridized carbons (Fsp3) is 0.471. The molecule has 1 aliphatic heterocycles. The second-order valence-electron chi connectivity index (χ2n) is 5.95. The minimum atomic E-state index is -0.547. The van der Waals surface area contributed by atoms with Crippen molar-refractivity contribution in [2.45, 2.75) is 38.8 Å². The summed E-state index contributed by atoms with van der Waals surface area (Å²) in [4.78, 5) is 37.1. The first-order valence-corrected chi connectivity index (χ1v) is 8.19. The monoisotopic (exact) mass is 332 g/mol. The van der Waals surface area contributed by atoms with Gasteiger partial charge in [-0.25, -0.2) is 4.79 Å². The number of nitrogens with two attached hydrogens (primary N) is 1. The van der Waals surface area contributed by atoms with E-state index < -0.39 is 23.9 Å². The summed E-state index contributed by atoms with van der Waals surface area (Å²) >= 11 is 0. The molecule has 0 saturated heterocycles. The maximum atomic E-state index is 12.1. The van der Waals surface area contributed by atoms with Gasteiger partial charge in [-0.3, -0.25) is 19.8 Å². The van der Waals surface area contributed by atoms with E-state index in [0.717, 1.165) is 24.0 Å². The Morgan fingerprint density at radius 1 is 1.25 bits per heavy atom. The van der Waals surface area contributed by atoms with Crippen LogP contribution in [0.3, 0.4) is 0 Å². The highest BCUT2D eigenvalue weighted by molar-refractivity contribution is 5.95. The van der Waals surface area contributed by atoms with Crippen molar-refractivity contribution in [3.05, 3.63) is 35.4 Å². The lowest BCUT2D eigenvalue weighted by Crippen LogP contribution is -2.53. The molecule has 7 nitrogen and oxygen atoms in total.